The highest BCUT2D eigenvalue weighted by molar-refractivity contribution is 5.85. The highest BCUT2D eigenvalue weighted by Crippen LogP contribution is 2.17. The number of carbonyl (C=O) groups is 1. The normalized spacial score (nSPS) is 26.7. The number of Topliss-reactive ketones (excluding diaryl/α,β-unsaturated/α-hetero) is 1. The number of hydrogen-bond acceptors (Lipinski definition) is 2. The highest BCUT2D eigenvalue weighted by atomic mass is 19.1. The van der Waals surface area contributed by atoms with Crippen molar-refractivity contribution in [1.82, 2.24) is 4.90 Å². The van der Waals surface area contributed by atoms with Gasteiger partial charge in [-0.05, 0) is 13.3 Å². The van der Waals surface area contributed by atoms with E-state index in [0.29, 0.717) is 13.0 Å². The predicted octanol–water partition coefficient (Wildman–Crippen LogP) is 1.64. The third kappa shape index (κ3) is 2.50. The van der Waals surface area contributed by atoms with Crippen LogP contribution in [-0.4, -0.2) is 36.0 Å². The first-order valence-corrected chi connectivity index (χ1v) is 4.94. The lowest BCUT2D eigenvalue weighted by Gasteiger charge is -2.23. The number of likely N-dealkylation sites (tertiary alicyclic amines) is 1. The molecular weight excluding hydrogens is 169 g/mol. The van der Waals surface area contributed by atoms with E-state index in [1.165, 1.54) is 0 Å². The molecule has 1 aliphatic heterocycles. The molecule has 0 amide bonds. The average Bonchev–Trinajstić information content (AvgIpc) is 2.49. The smallest absolute Gasteiger partial charge is 0.152 e. The van der Waals surface area contributed by atoms with E-state index in [0.717, 1.165) is 6.54 Å². The molecule has 76 valence electrons. The molecule has 3 heteroatoms. The lowest BCUT2D eigenvalue weighted by Crippen LogP contribution is -2.39. The van der Waals surface area contributed by atoms with E-state index >= 15 is 0 Å². The van der Waals surface area contributed by atoms with Crippen LogP contribution in [0.3, 0.4) is 0 Å². The van der Waals surface area contributed by atoms with Gasteiger partial charge in [0.2, 0.25) is 0 Å². The Bertz CT molecular complexity index is 193. The Kier molecular flexibility index (Phi) is 3.42. The molecule has 0 bridgehead atoms. The van der Waals surface area contributed by atoms with Gasteiger partial charge in [0.1, 0.15) is 6.17 Å². The Morgan fingerprint density at radius 1 is 1.46 bits per heavy atom. The molecule has 0 aromatic rings. The van der Waals surface area contributed by atoms with Gasteiger partial charge in [0, 0.05) is 19.0 Å². The van der Waals surface area contributed by atoms with Crippen molar-refractivity contribution >= 4 is 5.78 Å². The van der Waals surface area contributed by atoms with E-state index in [2.05, 4.69) is 0 Å². The quantitative estimate of drug-likeness (QED) is 0.669. The number of alkyl halides is 1. The molecule has 1 aliphatic rings. The molecule has 0 spiro atoms. The van der Waals surface area contributed by atoms with Crippen molar-refractivity contribution in [3.8, 4) is 0 Å². The Morgan fingerprint density at radius 2 is 2.08 bits per heavy atom. The summed E-state index contributed by atoms with van der Waals surface area (Å²) in [5.74, 6) is 0.266. The number of ketones is 1. The van der Waals surface area contributed by atoms with Crippen molar-refractivity contribution in [2.24, 2.45) is 5.92 Å². The molecule has 1 saturated heterocycles. The monoisotopic (exact) mass is 187 g/mol. The van der Waals surface area contributed by atoms with Gasteiger partial charge in [-0.15, -0.1) is 0 Å². The van der Waals surface area contributed by atoms with Crippen molar-refractivity contribution in [3.05, 3.63) is 0 Å². The Balaban J connectivity index is 2.48. The first kappa shape index (κ1) is 10.6. The van der Waals surface area contributed by atoms with E-state index in [4.69, 9.17) is 0 Å². The van der Waals surface area contributed by atoms with Gasteiger partial charge in [0.15, 0.2) is 5.78 Å². The minimum absolute atomic E-state index is 0.0497. The van der Waals surface area contributed by atoms with Gasteiger partial charge in [-0.1, -0.05) is 13.8 Å². The van der Waals surface area contributed by atoms with Crippen molar-refractivity contribution in [1.29, 1.82) is 0 Å². The molecule has 0 saturated carbocycles. The van der Waals surface area contributed by atoms with E-state index < -0.39 is 6.17 Å². The average molecular weight is 187 g/mol. The van der Waals surface area contributed by atoms with Crippen molar-refractivity contribution < 1.29 is 9.18 Å². The molecule has 1 rings (SSSR count). The van der Waals surface area contributed by atoms with Gasteiger partial charge < -0.3 is 0 Å². The van der Waals surface area contributed by atoms with E-state index in [1.807, 2.05) is 25.7 Å². The molecule has 13 heavy (non-hydrogen) atoms. The number of halogens is 1. The van der Waals surface area contributed by atoms with Crippen LogP contribution >= 0.6 is 0 Å². The molecule has 1 heterocycles. The van der Waals surface area contributed by atoms with Crippen LogP contribution < -0.4 is 0 Å². The number of carbonyl (C=O) groups excluding carboxylic acids is 1. The van der Waals surface area contributed by atoms with E-state index in [9.17, 15) is 9.18 Å². The maximum atomic E-state index is 12.8. The molecular formula is C10H18FNO. The molecule has 2 unspecified atom stereocenters. The predicted molar refractivity (Wildman–Crippen MR) is 50.4 cm³/mol. The number of rotatable bonds is 3. The molecule has 2 nitrogen and oxygen atoms in total. The van der Waals surface area contributed by atoms with Crippen molar-refractivity contribution in [2.45, 2.75) is 39.4 Å². The topological polar surface area (TPSA) is 20.3 Å². The second-order valence-electron chi connectivity index (χ2n) is 4.11. The summed E-state index contributed by atoms with van der Waals surface area (Å²) in [5.41, 5.74) is 0. The lowest BCUT2D eigenvalue weighted by molar-refractivity contribution is -0.126. The van der Waals surface area contributed by atoms with Crippen molar-refractivity contribution in [3.63, 3.8) is 0 Å². The van der Waals surface area contributed by atoms with E-state index in [-0.39, 0.29) is 17.7 Å². The van der Waals surface area contributed by atoms with Crippen LogP contribution in [-0.2, 0) is 4.79 Å². The van der Waals surface area contributed by atoms with Crippen molar-refractivity contribution in [2.75, 3.05) is 13.1 Å². The summed E-state index contributed by atoms with van der Waals surface area (Å²) in [6.07, 6.45) is -0.155. The largest absolute Gasteiger partial charge is 0.298 e. The van der Waals surface area contributed by atoms with Crippen LogP contribution in [0, 0.1) is 5.92 Å². The zero-order valence-electron chi connectivity index (χ0n) is 8.59. The Morgan fingerprint density at radius 3 is 2.46 bits per heavy atom. The molecule has 1 fully saturated rings. The van der Waals surface area contributed by atoms with Crippen LogP contribution in [0.1, 0.15) is 27.2 Å². The van der Waals surface area contributed by atoms with Gasteiger partial charge in [-0.3, -0.25) is 9.69 Å². The minimum Gasteiger partial charge on any atom is -0.298 e. The zero-order valence-corrected chi connectivity index (χ0v) is 8.59. The maximum Gasteiger partial charge on any atom is 0.152 e. The summed E-state index contributed by atoms with van der Waals surface area (Å²) in [6.45, 7) is 6.81. The van der Waals surface area contributed by atoms with Crippen LogP contribution in [0.25, 0.3) is 0 Å². The first-order valence-electron chi connectivity index (χ1n) is 4.94. The van der Waals surface area contributed by atoms with Crippen LogP contribution in [0.4, 0.5) is 4.39 Å². The number of hydrogen-bond donors (Lipinski definition) is 0. The second-order valence-corrected chi connectivity index (χ2v) is 4.11. The zero-order chi connectivity index (χ0) is 10.0. The molecule has 2 atom stereocenters. The SMILES string of the molecule is CC(C)C(=O)C(C)N1CCC(F)C1. The van der Waals surface area contributed by atoms with Gasteiger partial charge in [-0.25, -0.2) is 4.39 Å². The maximum absolute atomic E-state index is 12.8. The summed E-state index contributed by atoms with van der Waals surface area (Å²) in [7, 11) is 0. The number of nitrogens with zero attached hydrogens (tertiary/aromatic N) is 1. The van der Waals surface area contributed by atoms with Crippen LogP contribution in [0.5, 0.6) is 0 Å². The summed E-state index contributed by atoms with van der Waals surface area (Å²) in [4.78, 5) is 13.5. The summed E-state index contributed by atoms with van der Waals surface area (Å²) >= 11 is 0. The molecule has 0 aromatic carbocycles. The molecule has 0 aromatic heterocycles. The summed E-state index contributed by atoms with van der Waals surface area (Å²) < 4.78 is 12.8. The standard InChI is InChI=1S/C10H18FNO/c1-7(2)10(13)8(3)12-5-4-9(11)6-12/h7-9H,4-6H2,1-3H3. The molecule has 0 radical (unpaired) electrons. The Labute approximate surface area is 79.1 Å². The Hall–Kier alpha value is -0.440. The summed E-state index contributed by atoms with van der Waals surface area (Å²) in [5, 5.41) is 0. The van der Waals surface area contributed by atoms with Gasteiger partial charge in [0.25, 0.3) is 0 Å². The summed E-state index contributed by atoms with van der Waals surface area (Å²) in [6, 6.07) is -0.110. The third-order valence-corrected chi connectivity index (χ3v) is 2.69. The minimum atomic E-state index is -0.734. The first-order chi connectivity index (χ1) is 6.02. The van der Waals surface area contributed by atoms with Gasteiger partial charge in [-0.2, -0.15) is 0 Å². The second kappa shape index (κ2) is 4.18. The lowest BCUT2D eigenvalue weighted by atomic mass is 10.0. The highest BCUT2D eigenvalue weighted by Gasteiger charge is 2.29. The fourth-order valence-corrected chi connectivity index (χ4v) is 1.76. The fraction of sp³-hybridized carbons (Fsp3) is 0.900. The van der Waals surface area contributed by atoms with Gasteiger partial charge in [0.05, 0.1) is 6.04 Å². The molecule has 0 N–H and O–H groups in total. The van der Waals surface area contributed by atoms with Gasteiger partial charge >= 0.3 is 0 Å². The third-order valence-electron chi connectivity index (χ3n) is 2.69. The molecule has 0 aliphatic carbocycles. The van der Waals surface area contributed by atoms with Crippen LogP contribution in [0.2, 0.25) is 0 Å². The van der Waals surface area contributed by atoms with E-state index in [1.54, 1.807) is 0 Å². The fourth-order valence-electron chi connectivity index (χ4n) is 1.76. The van der Waals surface area contributed by atoms with Crippen LogP contribution in [0.15, 0.2) is 0 Å².